The van der Waals surface area contributed by atoms with Gasteiger partial charge in [0.15, 0.2) is 0 Å². The molecule has 20 heavy (non-hydrogen) atoms. The molecule has 1 fully saturated rings. The fourth-order valence-corrected chi connectivity index (χ4v) is 4.04. The summed E-state index contributed by atoms with van der Waals surface area (Å²) in [5.41, 5.74) is 3.04. The zero-order chi connectivity index (χ0) is 14.9. The van der Waals surface area contributed by atoms with Crippen molar-refractivity contribution >= 4 is 23.1 Å². The lowest BCUT2D eigenvalue weighted by Gasteiger charge is -2.39. The number of benzene rings is 1. The van der Waals surface area contributed by atoms with Crippen molar-refractivity contribution in [3.63, 3.8) is 0 Å². The number of nitro groups is 1. The Hall–Kier alpha value is -1.23. The summed E-state index contributed by atoms with van der Waals surface area (Å²) in [6.45, 7) is 8.37. The first-order valence-electron chi connectivity index (χ1n) is 6.91. The third kappa shape index (κ3) is 3.08. The van der Waals surface area contributed by atoms with E-state index in [-0.39, 0.29) is 22.1 Å². The number of nitrogens with one attached hydrogen (secondary N) is 1. The van der Waals surface area contributed by atoms with Gasteiger partial charge in [-0.1, -0.05) is 13.8 Å². The van der Waals surface area contributed by atoms with Crippen molar-refractivity contribution in [1.82, 2.24) is 0 Å². The molecule has 1 heterocycles. The lowest BCUT2D eigenvalue weighted by Crippen LogP contribution is -2.41. The van der Waals surface area contributed by atoms with E-state index in [4.69, 9.17) is 0 Å². The summed E-state index contributed by atoms with van der Waals surface area (Å²) in [5.74, 6) is 2.16. The molecule has 5 heteroatoms. The highest BCUT2D eigenvalue weighted by Crippen LogP contribution is 2.38. The van der Waals surface area contributed by atoms with Crippen LogP contribution in [0, 0.1) is 29.4 Å². The molecule has 0 spiro atoms. The van der Waals surface area contributed by atoms with Crippen molar-refractivity contribution in [2.24, 2.45) is 5.41 Å². The van der Waals surface area contributed by atoms with Gasteiger partial charge in [-0.2, -0.15) is 11.8 Å². The van der Waals surface area contributed by atoms with Gasteiger partial charge in [-0.15, -0.1) is 0 Å². The molecular weight excluding hydrogens is 272 g/mol. The van der Waals surface area contributed by atoms with Gasteiger partial charge in [0.25, 0.3) is 5.69 Å². The predicted octanol–water partition coefficient (Wildman–Crippen LogP) is 4.16. The Labute approximate surface area is 124 Å². The zero-order valence-corrected chi connectivity index (χ0v) is 13.3. The number of aryl methyl sites for hydroxylation is 2. The second-order valence-electron chi connectivity index (χ2n) is 6.22. The van der Waals surface area contributed by atoms with E-state index in [1.807, 2.05) is 31.7 Å². The van der Waals surface area contributed by atoms with Crippen molar-refractivity contribution in [2.45, 2.75) is 40.2 Å². The fraction of sp³-hybridized carbons (Fsp3) is 0.600. The standard InChI is InChI=1S/C15H22N2O2S/c1-10-7-12(13(17(18)19)8-11(10)2)16-14-9-20-6-5-15(14,3)4/h7-8,14,16H,5-6,9H2,1-4H3. The highest BCUT2D eigenvalue weighted by Gasteiger charge is 2.33. The molecule has 4 nitrogen and oxygen atoms in total. The topological polar surface area (TPSA) is 55.2 Å². The maximum Gasteiger partial charge on any atom is 0.292 e. The normalized spacial score (nSPS) is 21.5. The van der Waals surface area contributed by atoms with Crippen LogP contribution < -0.4 is 5.32 Å². The van der Waals surface area contributed by atoms with Crippen molar-refractivity contribution in [2.75, 3.05) is 16.8 Å². The van der Waals surface area contributed by atoms with Crippen molar-refractivity contribution < 1.29 is 4.92 Å². The van der Waals surface area contributed by atoms with Crippen LogP contribution in [-0.2, 0) is 0 Å². The lowest BCUT2D eigenvalue weighted by atomic mass is 9.82. The first-order valence-corrected chi connectivity index (χ1v) is 8.06. The van der Waals surface area contributed by atoms with E-state index >= 15 is 0 Å². The Morgan fingerprint density at radius 2 is 2.00 bits per heavy atom. The Bertz CT molecular complexity index is 529. The van der Waals surface area contributed by atoms with Crippen molar-refractivity contribution in [3.8, 4) is 0 Å². The Balaban J connectivity index is 2.32. The molecule has 0 saturated carbocycles. The largest absolute Gasteiger partial charge is 0.375 e. The molecule has 0 bridgehead atoms. The van der Waals surface area contributed by atoms with E-state index in [2.05, 4.69) is 19.2 Å². The van der Waals surface area contributed by atoms with Gasteiger partial charge in [-0.25, -0.2) is 0 Å². The third-order valence-electron chi connectivity index (χ3n) is 4.26. The predicted molar refractivity (Wildman–Crippen MR) is 85.7 cm³/mol. The van der Waals surface area contributed by atoms with E-state index < -0.39 is 0 Å². The highest BCUT2D eigenvalue weighted by atomic mass is 32.2. The van der Waals surface area contributed by atoms with Crippen LogP contribution in [0.3, 0.4) is 0 Å². The van der Waals surface area contributed by atoms with Gasteiger partial charge in [0.2, 0.25) is 0 Å². The number of anilines is 1. The van der Waals surface area contributed by atoms with E-state index in [9.17, 15) is 10.1 Å². The molecule has 1 aliphatic heterocycles. The molecule has 110 valence electrons. The Morgan fingerprint density at radius 1 is 1.35 bits per heavy atom. The summed E-state index contributed by atoms with van der Waals surface area (Å²) in [7, 11) is 0. The van der Waals surface area contributed by atoms with Gasteiger partial charge in [-0.3, -0.25) is 10.1 Å². The van der Waals surface area contributed by atoms with Gasteiger partial charge in [0.05, 0.1) is 4.92 Å². The molecule has 1 atom stereocenters. The molecule has 0 aliphatic carbocycles. The summed E-state index contributed by atoms with van der Waals surface area (Å²) >= 11 is 1.91. The summed E-state index contributed by atoms with van der Waals surface area (Å²) < 4.78 is 0. The molecule has 0 aromatic heterocycles. The molecule has 1 N–H and O–H groups in total. The van der Waals surface area contributed by atoms with Crippen molar-refractivity contribution in [3.05, 3.63) is 33.4 Å². The van der Waals surface area contributed by atoms with Crippen LogP contribution in [0.1, 0.15) is 31.4 Å². The van der Waals surface area contributed by atoms with Gasteiger partial charge in [0, 0.05) is 17.9 Å². The summed E-state index contributed by atoms with van der Waals surface area (Å²) in [6, 6.07) is 3.84. The average Bonchev–Trinajstić information content (AvgIpc) is 2.35. The molecule has 1 aromatic rings. The van der Waals surface area contributed by atoms with Gasteiger partial charge < -0.3 is 5.32 Å². The third-order valence-corrected chi connectivity index (χ3v) is 5.32. The van der Waals surface area contributed by atoms with Crippen LogP contribution in [0.5, 0.6) is 0 Å². The highest BCUT2D eigenvalue weighted by molar-refractivity contribution is 7.99. The minimum absolute atomic E-state index is 0.165. The number of nitro benzene ring substituents is 1. The monoisotopic (exact) mass is 294 g/mol. The van der Waals surface area contributed by atoms with E-state index in [0.717, 1.165) is 23.3 Å². The molecule has 1 saturated heterocycles. The molecule has 0 radical (unpaired) electrons. The van der Waals surface area contributed by atoms with E-state index in [1.165, 1.54) is 5.75 Å². The van der Waals surface area contributed by atoms with Crippen LogP contribution in [0.2, 0.25) is 0 Å². The van der Waals surface area contributed by atoms with E-state index in [0.29, 0.717) is 5.69 Å². The first kappa shape index (κ1) is 15.2. The summed E-state index contributed by atoms with van der Waals surface area (Å²) in [5, 5.41) is 14.7. The maximum absolute atomic E-state index is 11.2. The minimum Gasteiger partial charge on any atom is -0.375 e. The maximum atomic E-state index is 11.2. The van der Waals surface area contributed by atoms with Crippen LogP contribution >= 0.6 is 11.8 Å². The van der Waals surface area contributed by atoms with Crippen LogP contribution in [0.15, 0.2) is 12.1 Å². The molecule has 1 aromatic carbocycles. The van der Waals surface area contributed by atoms with Gasteiger partial charge >= 0.3 is 0 Å². The second-order valence-corrected chi connectivity index (χ2v) is 7.37. The van der Waals surface area contributed by atoms with Crippen LogP contribution in [0.4, 0.5) is 11.4 Å². The fourth-order valence-electron chi connectivity index (χ4n) is 2.43. The summed E-state index contributed by atoms with van der Waals surface area (Å²) in [4.78, 5) is 11.0. The van der Waals surface area contributed by atoms with Crippen LogP contribution in [-0.4, -0.2) is 22.5 Å². The quantitative estimate of drug-likeness (QED) is 0.672. The number of thioether (sulfide) groups is 1. The van der Waals surface area contributed by atoms with Gasteiger partial charge in [0.1, 0.15) is 5.69 Å². The minimum atomic E-state index is -0.294. The average molecular weight is 294 g/mol. The molecule has 1 unspecified atom stereocenters. The second kappa shape index (κ2) is 5.64. The Kier molecular flexibility index (Phi) is 4.28. The first-order chi connectivity index (χ1) is 9.31. The SMILES string of the molecule is Cc1cc(NC2CSCCC2(C)C)c([N+](=O)[O-])cc1C. The summed E-state index contributed by atoms with van der Waals surface area (Å²) in [6.07, 6.45) is 1.13. The molecule has 0 amide bonds. The zero-order valence-electron chi connectivity index (χ0n) is 12.5. The van der Waals surface area contributed by atoms with Crippen LogP contribution in [0.25, 0.3) is 0 Å². The molecular formula is C15H22N2O2S. The number of nitrogens with zero attached hydrogens (tertiary/aromatic N) is 1. The number of rotatable bonds is 3. The lowest BCUT2D eigenvalue weighted by molar-refractivity contribution is -0.384. The smallest absolute Gasteiger partial charge is 0.292 e. The number of hydrogen-bond acceptors (Lipinski definition) is 4. The molecule has 2 rings (SSSR count). The number of hydrogen-bond donors (Lipinski definition) is 1. The Morgan fingerprint density at radius 3 is 2.60 bits per heavy atom. The molecule has 1 aliphatic rings. The van der Waals surface area contributed by atoms with Crippen molar-refractivity contribution in [1.29, 1.82) is 0 Å². The van der Waals surface area contributed by atoms with E-state index in [1.54, 1.807) is 6.07 Å². The van der Waals surface area contributed by atoms with Gasteiger partial charge in [-0.05, 0) is 48.6 Å².